The zero-order chi connectivity index (χ0) is 48.4. The first-order valence-corrected chi connectivity index (χ1v) is 26.5. The van der Waals surface area contributed by atoms with Gasteiger partial charge in [0, 0.05) is 118 Å². The number of rotatable bonds is 7. The van der Waals surface area contributed by atoms with Gasteiger partial charge in [0.2, 0.25) is 5.91 Å². The van der Waals surface area contributed by atoms with E-state index >= 15 is 0 Å². The van der Waals surface area contributed by atoms with E-state index in [1.165, 1.54) is 98.9 Å². The molecule has 6 aromatic rings. The average molecular weight is 989 g/mol. The van der Waals surface area contributed by atoms with E-state index in [1.54, 1.807) is 6.92 Å². The van der Waals surface area contributed by atoms with Crippen molar-refractivity contribution in [1.29, 1.82) is 0 Å². The molecule has 5 saturated heterocycles. The van der Waals surface area contributed by atoms with Crippen molar-refractivity contribution in [1.82, 2.24) is 54.7 Å². The number of benzene rings is 2. The molecule has 5 fully saturated rings. The summed E-state index contributed by atoms with van der Waals surface area (Å²) >= 11 is 12.6. The summed E-state index contributed by atoms with van der Waals surface area (Å²) in [6.45, 7) is 15.3. The molecule has 5 aliphatic rings. The molecule has 5 aliphatic heterocycles. The first kappa shape index (κ1) is 49.9. The Labute approximate surface area is 423 Å². The summed E-state index contributed by atoms with van der Waals surface area (Å²) in [5, 5.41) is 13.9. The first-order chi connectivity index (χ1) is 34.2. The Morgan fingerprint density at radius 2 is 1.20 bits per heavy atom. The van der Waals surface area contributed by atoms with Gasteiger partial charge in [-0.05, 0) is 162 Å². The molecule has 0 atom stereocenters. The third kappa shape index (κ3) is 12.3. The van der Waals surface area contributed by atoms with Crippen LogP contribution in [0.2, 0.25) is 10.0 Å². The number of carbonyl (C=O) groups excluding carboxylic acids is 2. The topological polar surface area (TPSA) is 119 Å². The Bertz CT molecular complexity index is 2630. The molecule has 0 saturated carbocycles. The number of carbonyl (C=O) groups is 2. The Morgan fingerprint density at radius 3 is 1.79 bits per heavy atom. The highest BCUT2D eigenvalue weighted by molar-refractivity contribution is 6.32. The van der Waals surface area contributed by atoms with Gasteiger partial charge in [0.15, 0.2) is 0 Å². The van der Waals surface area contributed by atoms with Crippen LogP contribution in [0.1, 0.15) is 81.3 Å². The zero-order valence-electron chi connectivity index (χ0n) is 41.0. The van der Waals surface area contributed by atoms with Crippen LogP contribution in [-0.2, 0) is 4.79 Å². The number of halogens is 2. The molecule has 0 bridgehead atoms. The monoisotopic (exact) mass is 988 g/mol. The molecule has 2 aromatic carbocycles. The third-order valence-electron chi connectivity index (χ3n) is 15.3. The first-order valence-electron chi connectivity index (χ1n) is 25.7. The summed E-state index contributed by atoms with van der Waals surface area (Å²) in [5.74, 6) is 1.98. The third-order valence-corrected chi connectivity index (χ3v) is 15.9. The second-order valence-electron chi connectivity index (χ2n) is 19.9. The molecule has 372 valence electrons. The molecule has 13 nitrogen and oxygen atoms in total. The van der Waals surface area contributed by atoms with Gasteiger partial charge in [-0.1, -0.05) is 35.3 Å². The quantitative estimate of drug-likeness (QED) is 0.145. The lowest BCUT2D eigenvalue weighted by Crippen LogP contribution is -2.51. The van der Waals surface area contributed by atoms with Crippen LogP contribution >= 0.6 is 23.2 Å². The van der Waals surface area contributed by atoms with Crippen molar-refractivity contribution in [2.45, 2.75) is 76.2 Å². The molecular weight excluding hydrogens is 918 g/mol. The minimum absolute atomic E-state index is 0.0161. The highest BCUT2D eigenvalue weighted by Crippen LogP contribution is 2.38. The number of amides is 3. The number of nitrogens with one attached hydrogen (secondary N) is 3. The van der Waals surface area contributed by atoms with Crippen molar-refractivity contribution in [3.8, 4) is 11.4 Å². The second kappa shape index (κ2) is 23.9. The standard InChI is InChI=1S/C26H30ClN5O2.C24H29ClN4.C5H12N2/c1-18(33)30-14-9-20(10-15-30)29-26(34)31-12-7-19(8-13-31)22-17-32(24-5-3-2-4-23(24)27)25-16-28-11-6-21(22)25;25-20-1-3-21(4-2-20)29-17-23(22-7-12-27-15-24(22)29)19-8-13-28(14-9-19)16-18-5-10-26-11-6-18;1-7-4-2-6-3-5-7/h2-6,11,16-17,19-20H,7-10,12-15H2,1H3,(H,29,34);1-4,7,12,15,17-19,26H,5-6,8-11,13-14,16H2;6H,2-5H2,1H3. The Balaban J connectivity index is 0.000000154. The number of likely N-dealkylation sites (N-methyl/N-ethyl adjacent to an activating group) is 1. The number of pyridine rings is 2. The number of aromatic nitrogens is 4. The van der Waals surface area contributed by atoms with Crippen LogP contribution in [0, 0.1) is 5.92 Å². The Hall–Kier alpha value is -5.02. The number of piperidine rings is 4. The van der Waals surface area contributed by atoms with Gasteiger partial charge in [0.1, 0.15) is 0 Å². The molecule has 4 aromatic heterocycles. The fraction of sp³-hybridized carbons (Fsp3) is 0.491. The maximum absolute atomic E-state index is 12.9. The molecule has 15 heteroatoms. The van der Waals surface area contributed by atoms with Crippen LogP contribution in [0.25, 0.3) is 33.2 Å². The summed E-state index contributed by atoms with van der Waals surface area (Å²) < 4.78 is 4.40. The van der Waals surface area contributed by atoms with Crippen LogP contribution in [0.5, 0.6) is 0 Å². The maximum Gasteiger partial charge on any atom is 0.317 e. The van der Waals surface area contributed by atoms with Gasteiger partial charge < -0.3 is 44.7 Å². The van der Waals surface area contributed by atoms with Crippen molar-refractivity contribution in [3.05, 3.63) is 119 Å². The fourth-order valence-corrected chi connectivity index (χ4v) is 11.5. The molecule has 9 heterocycles. The molecule has 0 aliphatic carbocycles. The largest absolute Gasteiger partial charge is 0.343 e. The van der Waals surface area contributed by atoms with Crippen LogP contribution in [0.4, 0.5) is 4.79 Å². The van der Waals surface area contributed by atoms with E-state index in [0.29, 0.717) is 29.9 Å². The van der Waals surface area contributed by atoms with Gasteiger partial charge in [-0.3, -0.25) is 14.8 Å². The van der Waals surface area contributed by atoms with Gasteiger partial charge in [-0.25, -0.2) is 4.79 Å². The lowest BCUT2D eigenvalue weighted by Gasteiger charge is -2.35. The number of hydrogen-bond donors (Lipinski definition) is 3. The summed E-state index contributed by atoms with van der Waals surface area (Å²) in [6, 6.07) is 20.3. The van der Waals surface area contributed by atoms with Crippen molar-refractivity contribution < 1.29 is 9.59 Å². The summed E-state index contributed by atoms with van der Waals surface area (Å²) in [5.41, 5.74) is 7.07. The normalized spacial score (nSPS) is 19.4. The summed E-state index contributed by atoms with van der Waals surface area (Å²) in [4.78, 5) is 41.9. The van der Waals surface area contributed by atoms with E-state index < -0.39 is 0 Å². The van der Waals surface area contributed by atoms with Crippen molar-refractivity contribution in [2.75, 3.05) is 92.1 Å². The number of likely N-dealkylation sites (tertiary alicyclic amines) is 3. The van der Waals surface area contributed by atoms with Gasteiger partial charge in [0.05, 0.1) is 34.1 Å². The molecule has 70 heavy (non-hydrogen) atoms. The van der Waals surface area contributed by atoms with Crippen molar-refractivity contribution in [2.24, 2.45) is 5.92 Å². The van der Waals surface area contributed by atoms with Crippen LogP contribution in [-0.4, -0.2) is 149 Å². The highest BCUT2D eigenvalue weighted by atomic mass is 35.5. The molecule has 3 amide bonds. The maximum atomic E-state index is 12.9. The molecular formula is C55H71Cl2N11O2. The zero-order valence-corrected chi connectivity index (χ0v) is 42.6. The SMILES string of the molecule is CC(=O)N1CCC(NC(=O)N2CCC(c3cn(-c4ccccc4Cl)c4cnccc34)CC2)CC1.CN1CCNCC1.Clc1ccc(-n2cc(C3CCN(CC4CCNCC4)CC3)c3ccncc32)cc1. The average Bonchev–Trinajstić information content (AvgIpc) is 3.98. The number of urea groups is 1. The Kier molecular flexibility index (Phi) is 17.1. The lowest BCUT2D eigenvalue weighted by molar-refractivity contribution is -0.129. The van der Waals surface area contributed by atoms with Gasteiger partial charge in [-0.2, -0.15) is 0 Å². The number of para-hydroxylation sites is 1. The highest BCUT2D eigenvalue weighted by Gasteiger charge is 2.30. The van der Waals surface area contributed by atoms with E-state index in [1.807, 2.05) is 71.0 Å². The predicted octanol–water partition coefficient (Wildman–Crippen LogP) is 8.96. The summed E-state index contributed by atoms with van der Waals surface area (Å²) in [6.07, 6.45) is 20.8. The Morgan fingerprint density at radius 1 is 0.643 bits per heavy atom. The van der Waals surface area contributed by atoms with Crippen molar-refractivity contribution in [3.63, 3.8) is 0 Å². The summed E-state index contributed by atoms with van der Waals surface area (Å²) in [7, 11) is 2.15. The number of piperazine rings is 1. The van der Waals surface area contributed by atoms with Gasteiger partial charge in [-0.15, -0.1) is 0 Å². The minimum atomic E-state index is 0.0161. The smallest absolute Gasteiger partial charge is 0.317 e. The second-order valence-corrected chi connectivity index (χ2v) is 20.8. The molecule has 0 radical (unpaired) electrons. The van der Waals surface area contributed by atoms with E-state index in [4.69, 9.17) is 23.2 Å². The number of hydrogen-bond acceptors (Lipinski definition) is 8. The van der Waals surface area contributed by atoms with Crippen LogP contribution < -0.4 is 16.0 Å². The molecule has 0 spiro atoms. The molecule has 3 N–H and O–H groups in total. The van der Waals surface area contributed by atoms with E-state index in [-0.39, 0.29) is 18.0 Å². The van der Waals surface area contributed by atoms with Gasteiger partial charge >= 0.3 is 6.03 Å². The van der Waals surface area contributed by atoms with Gasteiger partial charge in [0.25, 0.3) is 0 Å². The molecule has 0 unspecified atom stereocenters. The van der Waals surface area contributed by atoms with E-state index in [0.717, 1.165) is 79.7 Å². The van der Waals surface area contributed by atoms with E-state index in [2.05, 4.69) is 88.6 Å². The van der Waals surface area contributed by atoms with Crippen LogP contribution in [0.15, 0.2) is 97.8 Å². The lowest BCUT2D eigenvalue weighted by atomic mass is 9.88. The minimum Gasteiger partial charge on any atom is -0.343 e. The number of fused-ring (bicyclic) bond motifs is 2. The molecule has 11 rings (SSSR count). The van der Waals surface area contributed by atoms with Crippen LogP contribution in [0.3, 0.4) is 0 Å². The fourth-order valence-electron chi connectivity index (χ4n) is 11.1. The van der Waals surface area contributed by atoms with E-state index in [9.17, 15) is 9.59 Å². The predicted molar refractivity (Wildman–Crippen MR) is 284 cm³/mol. The number of nitrogens with zero attached hydrogens (tertiary/aromatic N) is 8. The van der Waals surface area contributed by atoms with Crippen molar-refractivity contribution >= 4 is 56.9 Å².